The first kappa shape index (κ1) is 13.6. The largest absolute Gasteiger partial charge is 0.490 e. The van der Waals surface area contributed by atoms with E-state index in [-0.39, 0.29) is 13.2 Å². The SMILES string of the molecule is O=C(O)C(OCCO)c1ccc2c(c1)OCCCO2. The van der Waals surface area contributed by atoms with Crippen molar-refractivity contribution in [2.45, 2.75) is 12.5 Å². The number of hydrogen-bond donors (Lipinski definition) is 2. The summed E-state index contributed by atoms with van der Waals surface area (Å²) in [5, 5.41) is 17.8. The molecule has 0 aromatic heterocycles. The molecule has 1 unspecified atom stereocenters. The van der Waals surface area contributed by atoms with Gasteiger partial charge >= 0.3 is 5.97 Å². The van der Waals surface area contributed by atoms with E-state index in [0.717, 1.165) is 6.42 Å². The third-order valence-electron chi connectivity index (χ3n) is 2.67. The van der Waals surface area contributed by atoms with Gasteiger partial charge in [-0.15, -0.1) is 0 Å². The van der Waals surface area contributed by atoms with E-state index in [4.69, 9.17) is 24.4 Å². The Balaban J connectivity index is 2.23. The standard InChI is InChI=1S/C13H16O6/c14-4-7-19-12(13(15)16)9-2-3-10-11(8-9)18-6-1-5-17-10/h2-3,8,12,14H,1,4-7H2,(H,15,16). The molecule has 1 aliphatic heterocycles. The smallest absolute Gasteiger partial charge is 0.337 e. The van der Waals surface area contributed by atoms with Crippen LogP contribution in [0.3, 0.4) is 0 Å². The lowest BCUT2D eigenvalue weighted by atomic mass is 10.1. The lowest BCUT2D eigenvalue weighted by molar-refractivity contribution is -0.151. The summed E-state index contributed by atoms with van der Waals surface area (Å²) in [6, 6.07) is 4.91. The van der Waals surface area contributed by atoms with Gasteiger partial charge in [-0.3, -0.25) is 0 Å². The maximum absolute atomic E-state index is 11.2. The van der Waals surface area contributed by atoms with E-state index >= 15 is 0 Å². The van der Waals surface area contributed by atoms with Gasteiger partial charge in [-0.25, -0.2) is 4.79 Å². The number of aliphatic carboxylic acids is 1. The Labute approximate surface area is 110 Å². The van der Waals surface area contributed by atoms with Gasteiger partial charge in [0.2, 0.25) is 0 Å². The fraction of sp³-hybridized carbons (Fsp3) is 0.462. The van der Waals surface area contributed by atoms with Crippen LogP contribution in [0.5, 0.6) is 11.5 Å². The van der Waals surface area contributed by atoms with Crippen molar-refractivity contribution in [3.05, 3.63) is 23.8 Å². The molecular formula is C13H16O6. The van der Waals surface area contributed by atoms with Crippen molar-refractivity contribution < 1.29 is 29.2 Å². The Hall–Kier alpha value is -1.79. The molecule has 0 saturated heterocycles. The highest BCUT2D eigenvalue weighted by atomic mass is 16.5. The van der Waals surface area contributed by atoms with Gasteiger partial charge in [0.1, 0.15) is 0 Å². The molecule has 6 heteroatoms. The average Bonchev–Trinajstić information content (AvgIpc) is 2.63. The number of hydrogen-bond acceptors (Lipinski definition) is 5. The summed E-state index contributed by atoms with van der Waals surface area (Å²) in [7, 11) is 0. The van der Waals surface area contributed by atoms with Crippen LogP contribution in [0.2, 0.25) is 0 Å². The van der Waals surface area contributed by atoms with Crippen LogP contribution in [0.15, 0.2) is 18.2 Å². The molecule has 0 radical (unpaired) electrons. The molecule has 0 spiro atoms. The normalized spacial score (nSPS) is 15.6. The van der Waals surface area contributed by atoms with E-state index in [2.05, 4.69) is 0 Å². The van der Waals surface area contributed by atoms with Crippen LogP contribution in [0.4, 0.5) is 0 Å². The van der Waals surface area contributed by atoms with Crippen LogP contribution in [-0.4, -0.2) is 42.6 Å². The van der Waals surface area contributed by atoms with Crippen LogP contribution >= 0.6 is 0 Å². The number of benzene rings is 1. The molecule has 0 bridgehead atoms. The van der Waals surface area contributed by atoms with Crippen molar-refractivity contribution in [1.29, 1.82) is 0 Å². The van der Waals surface area contributed by atoms with Crippen molar-refractivity contribution >= 4 is 5.97 Å². The fourth-order valence-electron chi connectivity index (χ4n) is 1.82. The third-order valence-corrected chi connectivity index (χ3v) is 2.67. The van der Waals surface area contributed by atoms with Gasteiger partial charge in [-0.1, -0.05) is 6.07 Å². The van der Waals surface area contributed by atoms with Crippen LogP contribution in [0.1, 0.15) is 18.1 Å². The van der Waals surface area contributed by atoms with Crippen LogP contribution in [0.25, 0.3) is 0 Å². The van der Waals surface area contributed by atoms with Gasteiger partial charge in [-0.05, 0) is 17.7 Å². The Kier molecular flexibility index (Phi) is 4.59. The lowest BCUT2D eigenvalue weighted by Crippen LogP contribution is -2.17. The maximum atomic E-state index is 11.2. The average molecular weight is 268 g/mol. The summed E-state index contributed by atoms with van der Waals surface area (Å²) in [6.07, 6.45) is -0.336. The number of carbonyl (C=O) groups is 1. The van der Waals surface area contributed by atoms with E-state index in [0.29, 0.717) is 30.3 Å². The molecule has 1 heterocycles. The highest BCUT2D eigenvalue weighted by Gasteiger charge is 2.22. The minimum Gasteiger partial charge on any atom is -0.490 e. The van der Waals surface area contributed by atoms with Crippen molar-refractivity contribution in [2.24, 2.45) is 0 Å². The number of fused-ring (bicyclic) bond motifs is 1. The maximum Gasteiger partial charge on any atom is 0.337 e. The molecule has 2 rings (SSSR count). The van der Waals surface area contributed by atoms with Crippen molar-refractivity contribution in [2.75, 3.05) is 26.4 Å². The predicted octanol–water partition coefficient (Wildman–Crippen LogP) is 0.982. The fourth-order valence-corrected chi connectivity index (χ4v) is 1.82. The first-order valence-electron chi connectivity index (χ1n) is 6.07. The molecule has 1 aliphatic rings. The van der Waals surface area contributed by atoms with Gasteiger partial charge in [-0.2, -0.15) is 0 Å². The molecule has 104 valence electrons. The van der Waals surface area contributed by atoms with E-state index in [1.807, 2.05) is 0 Å². The highest BCUT2D eigenvalue weighted by Crippen LogP contribution is 2.33. The number of rotatable bonds is 5. The Morgan fingerprint density at radius 2 is 2.05 bits per heavy atom. The number of carboxylic acid groups (broad SMARTS) is 1. The molecule has 19 heavy (non-hydrogen) atoms. The molecule has 1 atom stereocenters. The second kappa shape index (κ2) is 6.40. The molecule has 1 aromatic carbocycles. The summed E-state index contributed by atoms with van der Waals surface area (Å²) in [5.74, 6) is 0.0179. The van der Waals surface area contributed by atoms with Crippen LogP contribution in [-0.2, 0) is 9.53 Å². The van der Waals surface area contributed by atoms with Crippen molar-refractivity contribution in [3.8, 4) is 11.5 Å². The zero-order chi connectivity index (χ0) is 13.7. The van der Waals surface area contributed by atoms with Crippen molar-refractivity contribution in [3.63, 3.8) is 0 Å². The second-order valence-electron chi connectivity index (χ2n) is 4.07. The lowest BCUT2D eigenvalue weighted by Gasteiger charge is -2.15. The Bertz CT molecular complexity index is 445. The van der Waals surface area contributed by atoms with Gasteiger partial charge in [0.15, 0.2) is 17.6 Å². The van der Waals surface area contributed by atoms with Gasteiger partial charge in [0.25, 0.3) is 0 Å². The monoisotopic (exact) mass is 268 g/mol. The summed E-state index contributed by atoms with van der Waals surface area (Å²) in [6.45, 7) is 0.848. The summed E-state index contributed by atoms with van der Waals surface area (Å²) < 4.78 is 16.1. The molecule has 6 nitrogen and oxygen atoms in total. The summed E-state index contributed by atoms with van der Waals surface area (Å²) in [4.78, 5) is 11.2. The minimum absolute atomic E-state index is 0.0363. The first-order chi connectivity index (χ1) is 9.22. The number of carboxylic acids is 1. The van der Waals surface area contributed by atoms with Gasteiger partial charge in [0, 0.05) is 6.42 Å². The number of aliphatic hydroxyl groups excluding tert-OH is 1. The van der Waals surface area contributed by atoms with E-state index in [1.54, 1.807) is 18.2 Å². The zero-order valence-electron chi connectivity index (χ0n) is 10.4. The van der Waals surface area contributed by atoms with E-state index in [9.17, 15) is 4.79 Å². The summed E-state index contributed by atoms with van der Waals surface area (Å²) in [5.41, 5.74) is 0.463. The van der Waals surface area contributed by atoms with E-state index in [1.165, 1.54) is 0 Å². The Morgan fingerprint density at radius 1 is 1.32 bits per heavy atom. The van der Waals surface area contributed by atoms with E-state index < -0.39 is 12.1 Å². The molecule has 0 saturated carbocycles. The van der Waals surface area contributed by atoms with Gasteiger partial charge < -0.3 is 24.4 Å². The molecule has 2 N–H and O–H groups in total. The van der Waals surface area contributed by atoms with Crippen molar-refractivity contribution in [1.82, 2.24) is 0 Å². The second-order valence-corrected chi connectivity index (χ2v) is 4.07. The van der Waals surface area contributed by atoms with Gasteiger partial charge in [0.05, 0.1) is 26.4 Å². The minimum atomic E-state index is -1.12. The molecule has 0 fully saturated rings. The number of aliphatic hydroxyl groups is 1. The molecule has 0 aliphatic carbocycles. The molecule has 0 amide bonds. The quantitative estimate of drug-likeness (QED) is 0.828. The Morgan fingerprint density at radius 3 is 2.74 bits per heavy atom. The molecule has 1 aromatic rings. The van der Waals surface area contributed by atoms with Crippen LogP contribution < -0.4 is 9.47 Å². The summed E-state index contributed by atoms with van der Waals surface area (Å²) >= 11 is 0. The first-order valence-corrected chi connectivity index (χ1v) is 6.07. The highest BCUT2D eigenvalue weighted by molar-refractivity contribution is 5.74. The topological polar surface area (TPSA) is 85.2 Å². The van der Waals surface area contributed by atoms with Crippen LogP contribution in [0, 0.1) is 0 Å². The zero-order valence-corrected chi connectivity index (χ0v) is 10.4. The number of ether oxygens (including phenoxy) is 3. The molecular weight excluding hydrogens is 252 g/mol. The predicted molar refractivity (Wildman–Crippen MR) is 65.5 cm³/mol. The third kappa shape index (κ3) is 3.36.